The van der Waals surface area contributed by atoms with Crippen LogP contribution in [-0.2, 0) is 11.3 Å². The van der Waals surface area contributed by atoms with Gasteiger partial charge in [0, 0.05) is 49.7 Å². The Balaban J connectivity index is 1.66. The first-order chi connectivity index (χ1) is 14.6. The highest BCUT2D eigenvalue weighted by Crippen LogP contribution is 2.24. The minimum atomic E-state index is -0.128. The van der Waals surface area contributed by atoms with Gasteiger partial charge in [0.05, 0.1) is 0 Å². The SMILES string of the molecule is CCC(=O)N(CCN)c1ccc(-c2ccc(C(=O)NCc3cccnc3)cc2)cc1. The highest BCUT2D eigenvalue weighted by molar-refractivity contribution is 5.95. The lowest BCUT2D eigenvalue weighted by Crippen LogP contribution is -2.34. The third kappa shape index (κ3) is 5.30. The van der Waals surface area contributed by atoms with Gasteiger partial charge in [-0.2, -0.15) is 0 Å². The molecular weight excluding hydrogens is 376 g/mol. The van der Waals surface area contributed by atoms with Crippen LogP contribution in [0.2, 0.25) is 0 Å². The molecule has 0 aliphatic rings. The molecule has 0 atom stereocenters. The molecule has 0 aliphatic heterocycles. The zero-order valence-electron chi connectivity index (χ0n) is 17.0. The zero-order chi connectivity index (χ0) is 21.3. The Morgan fingerprint density at radius 1 is 1.00 bits per heavy atom. The highest BCUT2D eigenvalue weighted by Gasteiger charge is 2.13. The van der Waals surface area contributed by atoms with Gasteiger partial charge in [-0.05, 0) is 47.0 Å². The number of rotatable bonds is 8. The molecule has 3 aromatic rings. The Morgan fingerprint density at radius 3 is 2.23 bits per heavy atom. The Hall–Kier alpha value is -3.51. The van der Waals surface area contributed by atoms with Crippen molar-refractivity contribution in [2.24, 2.45) is 5.73 Å². The van der Waals surface area contributed by atoms with Crippen LogP contribution in [-0.4, -0.2) is 29.9 Å². The molecule has 0 aliphatic carbocycles. The topological polar surface area (TPSA) is 88.3 Å². The minimum absolute atomic E-state index is 0.0508. The predicted molar refractivity (Wildman–Crippen MR) is 119 cm³/mol. The monoisotopic (exact) mass is 402 g/mol. The second kappa shape index (κ2) is 10.3. The van der Waals surface area contributed by atoms with E-state index in [0.29, 0.717) is 31.6 Å². The van der Waals surface area contributed by atoms with Crippen molar-refractivity contribution in [3.8, 4) is 11.1 Å². The summed E-state index contributed by atoms with van der Waals surface area (Å²) in [7, 11) is 0. The number of amides is 2. The highest BCUT2D eigenvalue weighted by atomic mass is 16.2. The van der Waals surface area contributed by atoms with Gasteiger partial charge < -0.3 is 16.0 Å². The van der Waals surface area contributed by atoms with Gasteiger partial charge in [-0.25, -0.2) is 0 Å². The summed E-state index contributed by atoms with van der Waals surface area (Å²) in [5.74, 6) is -0.0777. The molecular formula is C24H26N4O2. The number of hydrogen-bond acceptors (Lipinski definition) is 4. The van der Waals surface area contributed by atoms with Crippen molar-refractivity contribution in [1.29, 1.82) is 0 Å². The average molecular weight is 402 g/mol. The molecule has 6 heteroatoms. The maximum absolute atomic E-state index is 12.4. The summed E-state index contributed by atoms with van der Waals surface area (Å²) in [5, 5.41) is 2.90. The number of carbonyl (C=O) groups excluding carboxylic acids is 2. The summed E-state index contributed by atoms with van der Waals surface area (Å²) in [5.41, 5.74) is 10.0. The first-order valence-corrected chi connectivity index (χ1v) is 10.0. The molecule has 3 rings (SSSR count). The van der Waals surface area contributed by atoms with Crippen molar-refractivity contribution in [1.82, 2.24) is 10.3 Å². The van der Waals surface area contributed by atoms with Crippen LogP contribution in [0.3, 0.4) is 0 Å². The predicted octanol–water partition coefficient (Wildman–Crippen LogP) is 3.38. The molecule has 154 valence electrons. The van der Waals surface area contributed by atoms with E-state index in [1.807, 2.05) is 67.6 Å². The summed E-state index contributed by atoms with van der Waals surface area (Å²) in [6, 6.07) is 19.0. The van der Waals surface area contributed by atoms with E-state index in [1.54, 1.807) is 17.3 Å². The van der Waals surface area contributed by atoms with Gasteiger partial charge in [-0.3, -0.25) is 14.6 Å². The van der Waals surface area contributed by atoms with Crippen molar-refractivity contribution >= 4 is 17.5 Å². The van der Waals surface area contributed by atoms with Gasteiger partial charge >= 0.3 is 0 Å². The Morgan fingerprint density at radius 2 is 1.67 bits per heavy atom. The van der Waals surface area contributed by atoms with Crippen molar-refractivity contribution in [3.63, 3.8) is 0 Å². The van der Waals surface area contributed by atoms with Gasteiger partial charge in [0.15, 0.2) is 0 Å². The molecule has 6 nitrogen and oxygen atoms in total. The lowest BCUT2D eigenvalue weighted by molar-refractivity contribution is -0.118. The van der Waals surface area contributed by atoms with Crippen LogP contribution in [0, 0.1) is 0 Å². The summed E-state index contributed by atoms with van der Waals surface area (Å²) in [4.78, 5) is 30.2. The Kier molecular flexibility index (Phi) is 7.29. The molecule has 1 aromatic heterocycles. The average Bonchev–Trinajstić information content (AvgIpc) is 2.81. The van der Waals surface area contributed by atoms with Gasteiger partial charge in [0.1, 0.15) is 0 Å². The molecule has 0 bridgehead atoms. The van der Waals surface area contributed by atoms with Crippen LogP contribution in [0.15, 0.2) is 73.1 Å². The molecule has 1 heterocycles. The Labute approximate surface area is 176 Å². The maximum atomic E-state index is 12.4. The number of anilines is 1. The number of hydrogen-bond donors (Lipinski definition) is 2. The molecule has 0 unspecified atom stereocenters. The number of benzene rings is 2. The van der Waals surface area contributed by atoms with Crippen molar-refractivity contribution in [3.05, 3.63) is 84.2 Å². The number of carbonyl (C=O) groups is 2. The summed E-state index contributed by atoms with van der Waals surface area (Å²) in [6.07, 6.45) is 3.87. The van der Waals surface area contributed by atoms with E-state index in [1.165, 1.54) is 0 Å². The second-order valence-corrected chi connectivity index (χ2v) is 6.86. The summed E-state index contributed by atoms with van der Waals surface area (Å²) < 4.78 is 0. The normalized spacial score (nSPS) is 10.5. The fourth-order valence-corrected chi connectivity index (χ4v) is 3.15. The summed E-state index contributed by atoms with van der Waals surface area (Å²) in [6.45, 7) is 3.19. The van der Waals surface area contributed by atoms with E-state index in [2.05, 4.69) is 10.3 Å². The van der Waals surface area contributed by atoms with Gasteiger partial charge in [-0.15, -0.1) is 0 Å². The molecule has 0 fully saturated rings. The van der Waals surface area contributed by atoms with Gasteiger partial charge in [-0.1, -0.05) is 37.3 Å². The maximum Gasteiger partial charge on any atom is 0.251 e. The number of aromatic nitrogens is 1. The van der Waals surface area contributed by atoms with Crippen LogP contribution in [0.5, 0.6) is 0 Å². The van der Waals surface area contributed by atoms with E-state index >= 15 is 0 Å². The van der Waals surface area contributed by atoms with Crippen molar-refractivity contribution in [2.45, 2.75) is 19.9 Å². The van der Waals surface area contributed by atoms with Crippen LogP contribution in [0.25, 0.3) is 11.1 Å². The fourth-order valence-electron chi connectivity index (χ4n) is 3.15. The first-order valence-electron chi connectivity index (χ1n) is 10.0. The zero-order valence-corrected chi connectivity index (χ0v) is 17.0. The Bertz CT molecular complexity index is 970. The van der Waals surface area contributed by atoms with E-state index in [-0.39, 0.29) is 11.8 Å². The molecule has 0 saturated carbocycles. The number of nitrogens with zero attached hydrogens (tertiary/aromatic N) is 2. The van der Waals surface area contributed by atoms with Crippen LogP contribution in [0.4, 0.5) is 5.69 Å². The van der Waals surface area contributed by atoms with E-state index in [0.717, 1.165) is 22.4 Å². The molecule has 2 amide bonds. The molecule has 0 radical (unpaired) electrons. The minimum Gasteiger partial charge on any atom is -0.348 e. The van der Waals surface area contributed by atoms with E-state index in [4.69, 9.17) is 5.73 Å². The van der Waals surface area contributed by atoms with Gasteiger partial charge in [0.2, 0.25) is 5.91 Å². The third-order valence-corrected chi connectivity index (χ3v) is 4.79. The lowest BCUT2D eigenvalue weighted by Gasteiger charge is -2.22. The summed E-state index contributed by atoms with van der Waals surface area (Å²) >= 11 is 0. The smallest absolute Gasteiger partial charge is 0.251 e. The standard InChI is InChI=1S/C24H26N4O2/c1-2-23(29)28(15-13-25)22-11-9-20(10-12-22)19-5-7-21(8-6-19)24(30)27-17-18-4-3-14-26-16-18/h3-12,14,16H,2,13,15,17,25H2,1H3,(H,27,30). The quantitative estimate of drug-likeness (QED) is 0.605. The molecule has 0 spiro atoms. The fraction of sp³-hybridized carbons (Fsp3) is 0.208. The van der Waals surface area contributed by atoms with E-state index in [9.17, 15) is 9.59 Å². The largest absolute Gasteiger partial charge is 0.348 e. The molecule has 2 aromatic carbocycles. The van der Waals surface area contributed by atoms with Gasteiger partial charge in [0.25, 0.3) is 5.91 Å². The molecule has 3 N–H and O–H groups in total. The lowest BCUT2D eigenvalue weighted by atomic mass is 10.0. The number of nitrogens with two attached hydrogens (primary N) is 1. The molecule has 0 saturated heterocycles. The van der Waals surface area contributed by atoms with Crippen LogP contribution < -0.4 is 16.0 Å². The first kappa shape index (κ1) is 21.2. The number of nitrogens with one attached hydrogen (secondary N) is 1. The van der Waals surface area contributed by atoms with Crippen LogP contribution in [0.1, 0.15) is 29.3 Å². The number of pyridine rings is 1. The van der Waals surface area contributed by atoms with Crippen molar-refractivity contribution in [2.75, 3.05) is 18.0 Å². The third-order valence-electron chi connectivity index (χ3n) is 4.79. The van der Waals surface area contributed by atoms with E-state index < -0.39 is 0 Å². The van der Waals surface area contributed by atoms with Crippen molar-refractivity contribution < 1.29 is 9.59 Å². The second-order valence-electron chi connectivity index (χ2n) is 6.86. The van der Waals surface area contributed by atoms with Crippen LogP contribution >= 0.6 is 0 Å². The molecule has 30 heavy (non-hydrogen) atoms.